The van der Waals surface area contributed by atoms with E-state index in [1.54, 1.807) is 16.8 Å². The molecule has 0 fully saturated rings. The van der Waals surface area contributed by atoms with E-state index in [-0.39, 0.29) is 12.1 Å². The van der Waals surface area contributed by atoms with Gasteiger partial charge in [0.15, 0.2) is 5.82 Å². The van der Waals surface area contributed by atoms with Crippen molar-refractivity contribution < 1.29 is 18.0 Å². The molecule has 1 amide bonds. The molecule has 1 aromatic carbocycles. The van der Waals surface area contributed by atoms with Crippen molar-refractivity contribution in [3.05, 3.63) is 65.0 Å². The predicted octanol–water partition coefficient (Wildman–Crippen LogP) is 3.14. The molecule has 0 atom stereocenters. The monoisotopic (exact) mass is 404 g/mol. The van der Waals surface area contributed by atoms with Crippen LogP contribution in [0, 0.1) is 13.8 Å². The number of aryl methyl sites for hydroxylation is 2. The fourth-order valence-electron chi connectivity index (χ4n) is 2.67. The second-order valence-corrected chi connectivity index (χ2v) is 6.37. The number of hydrogen-bond acceptors (Lipinski definition) is 5. The van der Waals surface area contributed by atoms with E-state index in [4.69, 9.17) is 0 Å². The van der Waals surface area contributed by atoms with Crippen LogP contribution in [0.3, 0.4) is 0 Å². The van der Waals surface area contributed by atoms with Crippen LogP contribution in [0.5, 0.6) is 0 Å². The number of carbonyl (C=O) groups is 1. The molecule has 0 bridgehead atoms. The molecule has 0 radical (unpaired) electrons. The van der Waals surface area contributed by atoms with E-state index < -0.39 is 17.6 Å². The van der Waals surface area contributed by atoms with Gasteiger partial charge in [-0.2, -0.15) is 18.3 Å². The molecule has 0 saturated carbocycles. The molecule has 3 aromatic rings. The number of nitrogens with zero attached hydrogens (tertiary/aromatic N) is 4. The van der Waals surface area contributed by atoms with Gasteiger partial charge in [-0.25, -0.2) is 4.68 Å². The highest BCUT2D eigenvalue weighted by molar-refractivity contribution is 5.94. The minimum absolute atomic E-state index is 0.159. The number of nitrogens with one attached hydrogen (secondary N) is 2. The number of hydrogen-bond donors (Lipinski definition) is 2. The van der Waals surface area contributed by atoms with Crippen molar-refractivity contribution >= 4 is 11.7 Å². The first-order chi connectivity index (χ1) is 13.7. The van der Waals surface area contributed by atoms with E-state index in [2.05, 4.69) is 25.9 Å². The summed E-state index contributed by atoms with van der Waals surface area (Å²) >= 11 is 0. The minimum Gasteiger partial charge on any atom is -0.367 e. The summed E-state index contributed by atoms with van der Waals surface area (Å²) in [7, 11) is 0. The average molecular weight is 404 g/mol. The Bertz CT molecular complexity index is 981. The Labute approximate surface area is 165 Å². The zero-order valence-corrected chi connectivity index (χ0v) is 15.8. The number of alkyl halides is 3. The smallest absolute Gasteiger partial charge is 0.367 e. The van der Waals surface area contributed by atoms with Gasteiger partial charge in [0, 0.05) is 24.3 Å². The van der Waals surface area contributed by atoms with Crippen LogP contribution >= 0.6 is 0 Å². The topological polar surface area (TPSA) is 84.7 Å². The molecule has 3 rings (SSSR count). The normalized spacial score (nSPS) is 11.3. The summed E-state index contributed by atoms with van der Waals surface area (Å²) in [5.41, 5.74) is 1.20. The molecule has 29 heavy (non-hydrogen) atoms. The Morgan fingerprint density at radius 2 is 1.76 bits per heavy atom. The zero-order chi connectivity index (χ0) is 21.0. The summed E-state index contributed by atoms with van der Waals surface area (Å²) in [6.45, 7) is 4.46. The lowest BCUT2D eigenvalue weighted by atomic mass is 10.1. The fourth-order valence-corrected chi connectivity index (χ4v) is 2.67. The van der Waals surface area contributed by atoms with E-state index in [0.717, 1.165) is 35.7 Å². The molecule has 0 unspecified atom stereocenters. The lowest BCUT2D eigenvalue weighted by Gasteiger charge is -2.09. The van der Waals surface area contributed by atoms with Gasteiger partial charge in [-0.3, -0.25) is 4.79 Å². The third kappa shape index (κ3) is 5.09. The van der Waals surface area contributed by atoms with Crippen LogP contribution < -0.4 is 10.6 Å². The van der Waals surface area contributed by atoms with Crippen molar-refractivity contribution in [3.8, 4) is 5.82 Å². The summed E-state index contributed by atoms with van der Waals surface area (Å²) < 4.78 is 39.3. The number of anilines is 1. The van der Waals surface area contributed by atoms with Crippen LogP contribution in [-0.2, 0) is 6.18 Å². The lowest BCUT2D eigenvalue weighted by molar-refractivity contribution is -0.137. The van der Waals surface area contributed by atoms with Crippen LogP contribution in [0.2, 0.25) is 0 Å². The van der Waals surface area contributed by atoms with Gasteiger partial charge >= 0.3 is 6.18 Å². The molecule has 0 saturated heterocycles. The summed E-state index contributed by atoms with van der Waals surface area (Å²) in [5.74, 6) is 0.669. The van der Waals surface area contributed by atoms with Crippen LogP contribution in [0.1, 0.15) is 27.3 Å². The molecule has 2 N–H and O–H groups in total. The van der Waals surface area contributed by atoms with Crippen LogP contribution in [0.4, 0.5) is 19.0 Å². The number of amides is 1. The third-order valence-electron chi connectivity index (χ3n) is 4.07. The highest BCUT2D eigenvalue weighted by Crippen LogP contribution is 2.29. The van der Waals surface area contributed by atoms with Gasteiger partial charge in [0.25, 0.3) is 5.91 Å². The fraction of sp³-hybridized carbons (Fsp3) is 0.263. The second kappa shape index (κ2) is 8.29. The summed E-state index contributed by atoms with van der Waals surface area (Å²) in [5, 5.41) is 18.2. The highest BCUT2D eigenvalue weighted by Gasteiger charge is 2.30. The van der Waals surface area contributed by atoms with E-state index in [1.165, 1.54) is 0 Å². The van der Waals surface area contributed by atoms with Gasteiger partial charge in [0.1, 0.15) is 5.82 Å². The zero-order valence-electron chi connectivity index (χ0n) is 15.8. The first-order valence-corrected chi connectivity index (χ1v) is 8.81. The Hall–Kier alpha value is -3.43. The Morgan fingerprint density at radius 3 is 2.31 bits per heavy atom. The largest absolute Gasteiger partial charge is 0.416 e. The molecule has 152 valence electrons. The first kappa shape index (κ1) is 20.3. The highest BCUT2D eigenvalue weighted by atomic mass is 19.4. The number of carbonyl (C=O) groups excluding carboxylic acids is 1. The van der Waals surface area contributed by atoms with Crippen molar-refractivity contribution in [1.82, 2.24) is 25.3 Å². The number of halogens is 3. The summed E-state index contributed by atoms with van der Waals surface area (Å²) in [6, 6.07) is 9.52. The van der Waals surface area contributed by atoms with Crippen LogP contribution in [-0.4, -0.2) is 39.0 Å². The van der Waals surface area contributed by atoms with Gasteiger partial charge in [0.2, 0.25) is 0 Å². The number of benzene rings is 1. The van der Waals surface area contributed by atoms with Crippen molar-refractivity contribution in [2.75, 3.05) is 18.4 Å². The molecule has 10 heteroatoms. The van der Waals surface area contributed by atoms with Crippen molar-refractivity contribution in [2.24, 2.45) is 0 Å². The van der Waals surface area contributed by atoms with E-state index in [1.807, 2.05) is 19.9 Å². The molecule has 7 nitrogen and oxygen atoms in total. The standard InChI is InChI=1S/C19H19F3N6O/c1-12-11-13(2)28(27-12)17-8-7-16(25-26-17)23-9-10-24-18(29)14-3-5-15(6-4-14)19(20,21)22/h3-8,11H,9-10H2,1-2H3,(H,23,25)(H,24,29). The second-order valence-electron chi connectivity index (χ2n) is 6.37. The Kier molecular flexibility index (Phi) is 5.81. The predicted molar refractivity (Wildman–Crippen MR) is 101 cm³/mol. The van der Waals surface area contributed by atoms with Crippen molar-refractivity contribution in [2.45, 2.75) is 20.0 Å². The SMILES string of the molecule is Cc1cc(C)n(-c2ccc(NCCNC(=O)c3ccc(C(F)(F)F)cc3)nn2)n1. The van der Waals surface area contributed by atoms with Crippen LogP contribution in [0.25, 0.3) is 5.82 Å². The lowest BCUT2D eigenvalue weighted by Crippen LogP contribution is -2.29. The van der Waals surface area contributed by atoms with Crippen molar-refractivity contribution in [1.29, 1.82) is 0 Å². The third-order valence-corrected chi connectivity index (χ3v) is 4.07. The maximum absolute atomic E-state index is 12.5. The average Bonchev–Trinajstić information content (AvgIpc) is 3.03. The summed E-state index contributed by atoms with van der Waals surface area (Å²) in [4.78, 5) is 12.0. The van der Waals surface area contributed by atoms with Gasteiger partial charge in [-0.15, -0.1) is 10.2 Å². The van der Waals surface area contributed by atoms with Gasteiger partial charge in [-0.05, 0) is 56.3 Å². The van der Waals surface area contributed by atoms with E-state index in [9.17, 15) is 18.0 Å². The molecular weight excluding hydrogens is 385 g/mol. The molecule has 0 aliphatic carbocycles. The quantitative estimate of drug-likeness (QED) is 0.617. The Balaban J connectivity index is 1.48. The molecule has 2 aromatic heterocycles. The molecular formula is C19H19F3N6O. The van der Waals surface area contributed by atoms with Gasteiger partial charge in [0.05, 0.1) is 11.3 Å². The molecule has 0 aliphatic heterocycles. The molecule has 0 aliphatic rings. The van der Waals surface area contributed by atoms with Gasteiger partial charge < -0.3 is 10.6 Å². The van der Waals surface area contributed by atoms with E-state index >= 15 is 0 Å². The molecule has 2 heterocycles. The Morgan fingerprint density at radius 1 is 1.03 bits per heavy atom. The number of aromatic nitrogens is 4. The maximum Gasteiger partial charge on any atom is 0.416 e. The van der Waals surface area contributed by atoms with E-state index in [0.29, 0.717) is 18.2 Å². The summed E-state index contributed by atoms with van der Waals surface area (Å²) in [6.07, 6.45) is -4.43. The maximum atomic E-state index is 12.5. The minimum atomic E-state index is -4.43. The van der Waals surface area contributed by atoms with Gasteiger partial charge in [-0.1, -0.05) is 0 Å². The van der Waals surface area contributed by atoms with Crippen molar-refractivity contribution in [3.63, 3.8) is 0 Å². The van der Waals surface area contributed by atoms with Crippen LogP contribution in [0.15, 0.2) is 42.5 Å². The number of rotatable bonds is 6. The first-order valence-electron chi connectivity index (χ1n) is 8.81. The molecule has 0 spiro atoms.